The van der Waals surface area contributed by atoms with Gasteiger partial charge in [0, 0.05) is 0 Å². The molecule has 1 aromatic rings. The molecular weight excluding hydrogens is 228 g/mol. The van der Waals surface area contributed by atoms with Crippen LogP contribution >= 0.6 is 0 Å². The quantitative estimate of drug-likeness (QED) is 0.582. The molecule has 94 valence electrons. The molecule has 0 spiro atoms. The van der Waals surface area contributed by atoms with Crippen LogP contribution in [0.2, 0.25) is 0 Å². The van der Waals surface area contributed by atoms with Crippen LogP contribution in [0.15, 0.2) is 9.59 Å². The molecule has 0 saturated carbocycles. The van der Waals surface area contributed by atoms with Gasteiger partial charge in [0.1, 0.15) is 6.04 Å². The van der Waals surface area contributed by atoms with Crippen molar-refractivity contribution in [3.63, 3.8) is 0 Å². The Labute approximate surface area is 96.4 Å². The van der Waals surface area contributed by atoms with Gasteiger partial charge in [-0.1, -0.05) is 6.92 Å². The number of rotatable bonds is 5. The van der Waals surface area contributed by atoms with E-state index in [9.17, 15) is 14.4 Å². The largest absolute Gasteiger partial charge is 0.464 e. The van der Waals surface area contributed by atoms with Gasteiger partial charge in [-0.05, 0) is 13.3 Å². The number of H-pyrrole nitrogens is 2. The molecule has 8 heteroatoms. The van der Waals surface area contributed by atoms with Crippen molar-refractivity contribution in [2.75, 3.05) is 11.9 Å². The Morgan fingerprint density at radius 1 is 1.53 bits per heavy atom. The Morgan fingerprint density at radius 3 is 2.82 bits per heavy atom. The average Bonchev–Trinajstić information content (AvgIpc) is 2.29. The third-order valence-corrected chi connectivity index (χ3v) is 1.87. The minimum Gasteiger partial charge on any atom is -0.464 e. The van der Waals surface area contributed by atoms with E-state index >= 15 is 0 Å². The fourth-order valence-electron chi connectivity index (χ4n) is 1.04. The van der Waals surface area contributed by atoms with Crippen molar-refractivity contribution >= 4 is 11.8 Å². The van der Waals surface area contributed by atoms with E-state index in [1.165, 1.54) is 6.92 Å². The highest BCUT2D eigenvalue weighted by molar-refractivity contribution is 5.78. The Kier molecular flexibility index (Phi) is 4.44. The van der Waals surface area contributed by atoms with Crippen molar-refractivity contribution in [1.29, 1.82) is 0 Å². The van der Waals surface area contributed by atoms with E-state index in [1.54, 1.807) is 0 Å². The smallest absolute Gasteiger partial charge is 0.342 e. The van der Waals surface area contributed by atoms with Gasteiger partial charge in [-0.2, -0.15) is 0 Å². The molecule has 0 fully saturated rings. The fraction of sp³-hybridized carbons (Fsp3) is 0.556. The summed E-state index contributed by atoms with van der Waals surface area (Å²) in [6.07, 6.45) is 0.718. The van der Waals surface area contributed by atoms with E-state index in [1.807, 2.05) is 11.9 Å². The molecule has 0 saturated heterocycles. The van der Waals surface area contributed by atoms with E-state index in [4.69, 9.17) is 4.74 Å². The number of carbonyl (C=O) groups excluding carboxylic acids is 1. The highest BCUT2D eigenvalue weighted by Crippen LogP contribution is 1.96. The Bertz CT molecular complexity index is 492. The van der Waals surface area contributed by atoms with Crippen LogP contribution in [-0.2, 0) is 9.53 Å². The summed E-state index contributed by atoms with van der Waals surface area (Å²) in [5, 5.41) is 8.08. The van der Waals surface area contributed by atoms with Gasteiger partial charge >= 0.3 is 11.7 Å². The molecule has 1 aromatic heterocycles. The predicted molar refractivity (Wildman–Crippen MR) is 59.8 cm³/mol. The third-order valence-electron chi connectivity index (χ3n) is 1.87. The van der Waals surface area contributed by atoms with E-state index in [0.29, 0.717) is 6.61 Å². The van der Waals surface area contributed by atoms with Crippen molar-refractivity contribution in [2.24, 2.45) is 0 Å². The first-order chi connectivity index (χ1) is 8.04. The molecular formula is C9H14N4O4. The molecule has 1 heterocycles. The number of carbonyl (C=O) groups is 1. The van der Waals surface area contributed by atoms with Crippen molar-refractivity contribution < 1.29 is 9.53 Å². The Balaban J connectivity index is 2.67. The van der Waals surface area contributed by atoms with Gasteiger partial charge in [-0.15, -0.1) is 5.10 Å². The summed E-state index contributed by atoms with van der Waals surface area (Å²) in [6, 6.07) is -0.721. The van der Waals surface area contributed by atoms with Crippen molar-refractivity contribution in [2.45, 2.75) is 26.3 Å². The van der Waals surface area contributed by atoms with Crippen molar-refractivity contribution in [3.05, 3.63) is 20.8 Å². The van der Waals surface area contributed by atoms with Crippen LogP contribution in [0, 0.1) is 0 Å². The van der Waals surface area contributed by atoms with Gasteiger partial charge in [0.25, 0.3) is 5.56 Å². The zero-order valence-corrected chi connectivity index (χ0v) is 9.57. The minimum absolute atomic E-state index is 0.134. The average molecular weight is 242 g/mol. The van der Waals surface area contributed by atoms with Gasteiger partial charge in [0.2, 0.25) is 5.82 Å². The molecule has 0 unspecified atom stereocenters. The molecule has 3 N–H and O–H groups in total. The monoisotopic (exact) mass is 242 g/mol. The van der Waals surface area contributed by atoms with Gasteiger partial charge < -0.3 is 10.1 Å². The molecule has 0 bridgehead atoms. The first-order valence-corrected chi connectivity index (χ1v) is 5.16. The normalized spacial score (nSPS) is 11.9. The summed E-state index contributed by atoms with van der Waals surface area (Å²) in [5.74, 6) is -0.621. The molecule has 1 rings (SSSR count). The number of esters is 1. The number of nitrogens with one attached hydrogen (secondary N) is 3. The van der Waals surface area contributed by atoms with E-state index in [-0.39, 0.29) is 5.82 Å². The third kappa shape index (κ3) is 3.74. The standard InChI is InChI=1S/C9H14N4O4/c1-3-4-17-8(15)5(2)10-6-7(14)11-9(16)13-12-6/h5H,3-4H2,1-2H3,(H,10,12)(H2,11,13,14,16)/t5-/m1/s1. The summed E-state index contributed by atoms with van der Waals surface area (Å²) >= 11 is 0. The summed E-state index contributed by atoms with van der Waals surface area (Å²) in [7, 11) is 0. The Hall–Kier alpha value is -2.12. The van der Waals surface area contributed by atoms with Crippen LogP contribution in [0.25, 0.3) is 0 Å². The second-order valence-corrected chi connectivity index (χ2v) is 3.39. The molecule has 1 atom stereocenters. The molecule has 8 nitrogen and oxygen atoms in total. The number of hydrogen-bond donors (Lipinski definition) is 3. The summed E-state index contributed by atoms with van der Waals surface area (Å²) in [4.78, 5) is 35.3. The van der Waals surface area contributed by atoms with E-state index < -0.39 is 23.3 Å². The van der Waals surface area contributed by atoms with Gasteiger partial charge in [-0.25, -0.2) is 14.7 Å². The number of anilines is 1. The highest BCUT2D eigenvalue weighted by atomic mass is 16.5. The summed E-state index contributed by atoms with van der Waals surface area (Å²) in [5.41, 5.74) is -1.40. The maximum atomic E-state index is 11.4. The molecule has 17 heavy (non-hydrogen) atoms. The van der Waals surface area contributed by atoms with E-state index in [0.717, 1.165) is 6.42 Å². The summed E-state index contributed by atoms with van der Waals surface area (Å²) < 4.78 is 4.88. The maximum Gasteiger partial charge on any atom is 0.342 e. The zero-order valence-electron chi connectivity index (χ0n) is 9.57. The topological polar surface area (TPSA) is 117 Å². The van der Waals surface area contributed by atoms with Crippen molar-refractivity contribution in [3.8, 4) is 0 Å². The first-order valence-electron chi connectivity index (χ1n) is 5.16. The minimum atomic E-state index is -0.721. The number of hydrogen-bond acceptors (Lipinski definition) is 6. The second kappa shape index (κ2) is 5.83. The van der Waals surface area contributed by atoms with Crippen LogP contribution in [0.3, 0.4) is 0 Å². The molecule has 0 aliphatic carbocycles. The lowest BCUT2D eigenvalue weighted by Crippen LogP contribution is -2.34. The number of ether oxygens (including phenoxy) is 1. The SMILES string of the molecule is CCCOC(=O)[C@@H](C)Nc1n[nH]c(=O)[nH]c1=O. The lowest BCUT2D eigenvalue weighted by atomic mass is 10.3. The fourth-order valence-corrected chi connectivity index (χ4v) is 1.04. The van der Waals surface area contributed by atoms with Gasteiger partial charge in [-0.3, -0.25) is 9.78 Å². The number of nitrogens with zero attached hydrogens (tertiary/aromatic N) is 1. The second-order valence-electron chi connectivity index (χ2n) is 3.39. The van der Waals surface area contributed by atoms with Crippen molar-refractivity contribution in [1.82, 2.24) is 15.2 Å². The van der Waals surface area contributed by atoms with Crippen LogP contribution in [0.1, 0.15) is 20.3 Å². The number of aromatic amines is 2. The van der Waals surface area contributed by atoms with Crippen LogP contribution < -0.4 is 16.6 Å². The van der Waals surface area contributed by atoms with Gasteiger partial charge in [0.05, 0.1) is 6.61 Å². The predicted octanol–water partition coefficient (Wildman–Crippen LogP) is -0.788. The van der Waals surface area contributed by atoms with Crippen LogP contribution in [0.4, 0.5) is 5.82 Å². The number of aromatic nitrogens is 3. The molecule has 0 amide bonds. The lowest BCUT2D eigenvalue weighted by Gasteiger charge is -2.12. The highest BCUT2D eigenvalue weighted by Gasteiger charge is 2.16. The van der Waals surface area contributed by atoms with Crippen LogP contribution in [-0.4, -0.2) is 33.8 Å². The zero-order chi connectivity index (χ0) is 12.8. The molecule has 0 radical (unpaired) electrons. The first kappa shape index (κ1) is 12.9. The lowest BCUT2D eigenvalue weighted by molar-refractivity contribution is -0.144. The molecule has 0 aromatic carbocycles. The van der Waals surface area contributed by atoms with Crippen LogP contribution in [0.5, 0.6) is 0 Å². The molecule has 0 aliphatic heterocycles. The molecule has 0 aliphatic rings. The summed E-state index contributed by atoms with van der Waals surface area (Å²) in [6.45, 7) is 3.73. The maximum absolute atomic E-state index is 11.4. The van der Waals surface area contributed by atoms with E-state index in [2.05, 4.69) is 15.5 Å². The van der Waals surface area contributed by atoms with Gasteiger partial charge in [0.15, 0.2) is 0 Å². The Morgan fingerprint density at radius 2 is 2.24 bits per heavy atom.